The molecular formula is C16H30N2O3. The molecule has 2 N–H and O–H groups in total. The number of carbonyl (C=O) groups is 1. The summed E-state index contributed by atoms with van der Waals surface area (Å²) >= 11 is 0. The highest BCUT2D eigenvalue weighted by molar-refractivity contribution is 5.74. The molecule has 2 fully saturated rings. The van der Waals surface area contributed by atoms with Crippen molar-refractivity contribution in [2.75, 3.05) is 20.2 Å². The standard InChI is InChI=1S/C16H30N2O3/c1-12(8-9-14-6-4-10-21-14)17-16(20)18(2)11-13-5-3-7-15(13)19/h12-15,19H,3-11H2,1-2H3,(H,17,20)/t12-,13-,14+,15+/m1/s1. The molecule has 1 aliphatic heterocycles. The fraction of sp³-hybridized carbons (Fsp3) is 0.938. The Hall–Kier alpha value is -0.810. The molecule has 2 aliphatic rings. The number of aliphatic hydroxyl groups is 1. The number of nitrogens with zero attached hydrogens (tertiary/aromatic N) is 1. The molecule has 0 radical (unpaired) electrons. The topological polar surface area (TPSA) is 61.8 Å². The van der Waals surface area contributed by atoms with E-state index in [1.165, 1.54) is 0 Å². The molecular weight excluding hydrogens is 268 g/mol. The molecule has 0 bridgehead atoms. The predicted octanol–water partition coefficient (Wildman–Crippen LogP) is 2.14. The van der Waals surface area contributed by atoms with E-state index in [1.54, 1.807) is 4.90 Å². The minimum absolute atomic E-state index is 0.0334. The second kappa shape index (κ2) is 7.99. The van der Waals surface area contributed by atoms with Gasteiger partial charge in [-0.2, -0.15) is 0 Å². The molecule has 5 heteroatoms. The van der Waals surface area contributed by atoms with E-state index in [0.717, 1.165) is 51.6 Å². The molecule has 4 atom stereocenters. The Balaban J connectivity index is 1.64. The Morgan fingerprint density at radius 3 is 2.81 bits per heavy atom. The summed E-state index contributed by atoms with van der Waals surface area (Å²) in [4.78, 5) is 13.9. The van der Waals surface area contributed by atoms with E-state index in [2.05, 4.69) is 5.32 Å². The summed E-state index contributed by atoms with van der Waals surface area (Å²) in [5.74, 6) is 0.239. The van der Waals surface area contributed by atoms with Crippen molar-refractivity contribution in [1.82, 2.24) is 10.2 Å². The first kappa shape index (κ1) is 16.6. The van der Waals surface area contributed by atoms with Gasteiger partial charge in [-0.25, -0.2) is 4.79 Å². The van der Waals surface area contributed by atoms with Crippen molar-refractivity contribution in [3.05, 3.63) is 0 Å². The third kappa shape index (κ3) is 5.15. The number of amides is 2. The lowest BCUT2D eigenvalue weighted by Crippen LogP contribution is -2.44. The number of rotatable bonds is 6. The molecule has 1 heterocycles. The highest BCUT2D eigenvalue weighted by Gasteiger charge is 2.27. The summed E-state index contributed by atoms with van der Waals surface area (Å²) in [5.41, 5.74) is 0. The second-order valence-corrected chi connectivity index (χ2v) is 6.70. The third-order valence-electron chi connectivity index (χ3n) is 4.79. The normalized spacial score (nSPS) is 30.3. The highest BCUT2D eigenvalue weighted by Crippen LogP contribution is 2.26. The third-order valence-corrected chi connectivity index (χ3v) is 4.79. The average Bonchev–Trinajstić information content (AvgIpc) is 3.09. The van der Waals surface area contributed by atoms with E-state index >= 15 is 0 Å². The molecule has 5 nitrogen and oxygen atoms in total. The van der Waals surface area contributed by atoms with E-state index in [0.29, 0.717) is 12.6 Å². The van der Waals surface area contributed by atoms with Gasteiger partial charge < -0.3 is 20.1 Å². The summed E-state index contributed by atoms with van der Waals surface area (Å²) in [6.07, 6.45) is 7.40. The zero-order chi connectivity index (χ0) is 15.2. The SMILES string of the molecule is C[C@H](CC[C@@H]1CCCO1)NC(=O)N(C)C[C@H]1CCC[C@@H]1O. The Morgan fingerprint density at radius 1 is 1.38 bits per heavy atom. The fourth-order valence-corrected chi connectivity index (χ4v) is 3.37. The van der Waals surface area contributed by atoms with Gasteiger partial charge in [0.1, 0.15) is 0 Å². The number of ether oxygens (including phenoxy) is 1. The van der Waals surface area contributed by atoms with Crippen LogP contribution in [0.1, 0.15) is 51.9 Å². The van der Waals surface area contributed by atoms with Crippen LogP contribution >= 0.6 is 0 Å². The number of hydrogen-bond acceptors (Lipinski definition) is 3. The van der Waals surface area contributed by atoms with Crippen LogP contribution in [0, 0.1) is 5.92 Å². The van der Waals surface area contributed by atoms with Crippen LogP contribution in [0.15, 0.2) is 0 Å². The number of carbonyl (C=O) groups excluding carboxylic acids is 1. The minimum atomic E-state index is -0.239. The summed E-state index contributed by atoms with van der Waals surface area (Å²) in [6.45, 7) is 3.58. The molecule has 1 aliphatic carbocycles. The van der Waals surface area contributed by atoms with Gasteiger partial charge in [-0.05, 0) is 45.4 Å². The van der Waals surface area contributed by atoms with Gasteiger partial charge in [0, 0.05) is 32.2 Å². The van der Waals surface area contributed by atoms with Crippen LogP contribution in [0.25, 0.3) is 0 Å². The van der Waals surface area contributed by atoms with Gasteiger partial charge >= 0.3 is 6.03 Å². The Labute approximate surface area is 128 Å². The maximum absolute atomic E-state index is 12.1. The van der Waals surface area contributed by atoms with Gasteiger partial charge in [-0.1, -0.05) is 6.42 Å². The van der Waals surface area contributed by atoms with Crippen molar-refractivity contribution in [1.29, 1.82) is 0 Å². The van der Waals surface area contributed by atoms with Crippen molar-refractivity contribution in [2.24, 2.45) is 5.92 Å². The summed E-state index contributed by atoms with van der Waals surface area (Å²) in [7, 11) is 1.81. The molecule has 122 valence electrons. The summed E-state index contributed by atoms with van der Waals surface area (Å²) in [5, 5.41) is 12.9. The van der Waals surface area contributed by atoms with Crippen molar-refractivity contribution in [3.63, 3.8) is 0 Å². The zero-order valence-corrected chi connectivity index (χ0v) is 13.4. The molecule has 0 spiro atoms. The fourth-order valence-electron chi connectivity index (χ4n) is 3.37. The van der Waals surface area contributed by atoms with Crippen molar-refractivity contribution >= 4 is 6.03 Å². The Morgan fingerprint density at radius 2 is 2.19 bits per heavy atom. The zero-order valence-electron chi connectivity index (χ0n) is 13.4. The highest BCUT2D eigenvalue weighted by atomic mass is 16.5. The minimum Gasteiger partial charge on any atom is -0.393 e. The predicted molar refractivity (Wildman–Crippen MR) is 82.2 cm³/mol. The summed E-state index contributed by atoms with van der Waals surface area (Å²) in [6, 6.07) is 0.131. The lowest BCUT2D eigenvalue weighted by molar-refractivity contribution is 0.0992. The maximum Gasteiger partial charge on any atom is 0.317 e. The molecule has 21 heavy (non-hydrogen) atoms. The first-order valence-corrected chi connectivity index (χ1v) is 8.37. The quantitative estimate of drug-likeness (QED) is 0.790. The van der Waals surface area contributed by atoms with E-state index in [9.17, 15) is 9.90 Å². The molecule has 2 rings (SSSR count). The lowest BCUT2D eigenvalue weighted by Gasteiger charge is -2.25. The van der Waals surface area contributed by atoms with Crippen molar-refractivity contribution < 1.29 is 14.6 Å². The number of urea groups is 1. The first-order chi connectivity index (χ1) is 10.1. The van der Waals surface area contributed by atoms with Gasteiger partial charge in [-0.3, -0.25) is 0 Å². The number of hydrogen-bond donors (Lipinski definition) is 2. The largest absolute Gasteiger partial charge is 0.393 e. The van der Waals surface area contributed by atoms with Gasteiger partial charge in [0.25, 0.3) is 0 Å². The van der Waals surface area contributed by atoms with Crippen LogP contribution in [0.3, 0.4) is 0 Å². The van der Waals surface area contributed by atoms with Crippen molar-refractivity contribution in [2.45, 2.75) is 70.1 Å². The second-order valence-electron chi connectivity index (χ2n) is 6.70. The van der Waals surface area contributed by atoms with Crippen LogP contribution < -0.4 is 5.32 Å². The van der Waals surface area contributed by atoms with Gasteiger partial charge in [0.2, 0.25) is 0 Å². The Kier molecular flexibility index (Phi) is 6.30. The van der Waals surface area contributed by atoms with Crippen molar-refractivity contribution in [3.8, 4) is 0 Å². The molecule has 2 amide bonds. The number of aliphatic hydroxyl groups excluding tert-OH is 1. The Bertz CT molecular complexity index is 331. The van der Waals surface area contributed by atoms with E-state index < -0.39 is 0 Å². The van der Waals surface area contributed by atoms with Crippen LogP contribution in [0.2, 0.25) is 0 Å². The van der Waals surface area contributed by atoms with Crippen LogP contribution in [0.4, 0.5) is 4.79 Å². The van der Waals surface area contributed by atoms with Gasteiger partial charge in [-0.15, -0.1) is 0 Å². The monoisotopic (exact) mass is 298 g/mol. The van der Waals surface area contributed by atoms with Crippen LogP contribution in [0.5, 0.6) is 0 Å². The maximum atomic E-state index is 12.1. The molecule has 1 saturated heterocycles. The lowest BCUT2D eigenvalue weighted by atomic mass is 10.1. The smallest absolute Gasteiger partial charge is 0.317 e. The van der Waals surface area contributed by atoms with Gasteiger partial charge in [0.05, 0.1) is 12.2 Å². The number of nitrogens with one attached hydrogen (secondary N) is 1. The van der Waals surface area contributed by atoms with Crippen LogP contribution in [-0.2, 0) is 4.74 Å². The van der Waals surface area contributed by atoms with Crippen LogP contribution in [-0.4, -0.2) is 54.5 Å². The van der Waals surface area contributed by atoms with E-state index in [-0.39, 0.29) is 24.1 Å². The molecule has 0 aromatic rings. The average molecular weight is 298 g/mol. The molecule has 1 saturated carbocycles. The summed E-state index contributed by atoms with van der Waals surface area (Å²) < 4.78 is 5.61. The van der Waals surface area contributed by atoms with E-state index in [1.807, 2.05) is 14.0 Å². The molecule has 0 aromatic heterocycles. The molecule has 0 aromatic carbocycles. The molecule has 0 unspecified atom stereocenters. The van der Waals surface area contributed by atoms with E-state index in [4.69, 9.17) is 4.74 Å². The first-order valence-electron chi connectivity index (χ1n) is 8.37. The van der Waals surface area contributed by atoms with Gasteiger partial charge in [0.15, 0.2) is 0 Å².